The molecule has 2 rings (SSSR count). The minimum absolute atomic E-state index is 0.145. The summed E-state index contributed by atoms with van der Waals surface area (Å²) < 4.78 is 0. The molecule has 1 N–H and O–H groups in total. The Bertz CT molecular complexity index is 736. The second-order valence-corrected chi connectivity index (χ2v) is 5.59. The third kappa shape index (κ3) is 3.50. The Kier molecular flexibility index (Phi) is 4.44. The zero-order chi connectivity index (χ0) is 15.6. The zero-order valence-electron chi connectivity index (χ0n) is 10.7. The highest BCUT2D eigenvalue weighted by molar-refractivity contribution is 7.99. The molecule has 0 aliphatic heterocycles. The normalized spacial score (nSPS) is 10.4. The number of carboxylic acid groups (broad SMARTS) is 1. The van der Waals surface area contributed by atoms with Crippen LogP contribution in [-0.4, -0.2) is 21.0 Å². The Morgan fingerprint density at radius 1 is 1.43 bits per heavy atom. The Labute approximate surface area is 128 Å². The first-order valence-electron chi connectivity index (χ1n) is 5.70. The monoisotopic (exact) mass is 324 g/mol. The topological polar surface area (TPSA) is 93.3 Å². The molecule has 0 unspecified atom stereocenters. The summed E-state index contributed by atoms with van der Waals surface area (Å²) in [7, 11) is 0. The molecule has 0 aliphatic rings. The van der Waals surface area contributed by atoms with E-state index in [0.717, 1.165) is 18.0 Å². The van der Waals surface area contributed by atoms with Crippen molar-refractivity contribution in [3.8, 4) is 0 Å². The van der Waals surface area contributed by atoms with Crippen molar-refractivity contribution in [3.63, 3.8) is 0 Å². The van der Waals surface area contributed by atoms with Crippen molar-refractivity contribution >= 4 is 35.0 Å². The summed E-state index contributed by atoms with van der Waals surface area (Å²) >= 11 is 7.10. The van der Waals surface area contributed by atoms with Crippen LogP contribution in [0.3, 0.4) is 0 Å². The van der Waals surface area contributed by atoms with Crippen molar-refractivity contribution in [1.29, 1.82) is 0 Å². The molecule has 1 aromatic carbocycles. The number of hydrogen-bond donors (Lipinski definition) is 1. The van der Waals surface area contributed by atoms with Crippen LogP contribution in [0.1, 0.15) is 15.9 Å². The second-order valence-electron chi connectivity index (χ2n) is 4.12. The quantitative estimate of drug-likeness (QED) is 0.679. The van der Waals surface area contributed by atoms with Crippen LogP contribution in [0.2, 0.25) is 5.02 Å². The van der Waals surface area contributed by atoms with E-state index in [1.807, 2.05) is 0 Å². The number of aryl methyl sites for hydroxylation is 1. The van der Waals surface area contributed by atoms with Crippen LogP contribution >= 0.6 is 23.4 Å². The third-order valence-electron chi connectivity index (χ3n) is 2.66. The summed E-state index contributed by atoms with van der Waals surface area (Å²) in [6.07, 6.45) is 1.11. The van der Waals surface area contributed by atoms with E-state index in [9.17, 15) is 14.9 Å². The van der Waals surface area contributed by atoms with E-state index >= 15 is 0 Å². The van der Waals surface area contributed by atoms with Crippen molar-refractivity contribution in [2.75, 3.05) is 0 Å². The lowest BCUT2D eigenvalue weighted by Crippen LogP contribution is -1.99. The minimum atomic E-state index is -1.02. The molecule has 0 radical (unpaired) electrons. The number of benzene rings is 1. The Hall–Kier alpha value is -2.12. The third-order valence-corrected chi connectivity index (χ3v) is 4.07. The fraction of sp³-hybridized carbons (Fsp3) is 0.0769. The van der Waals surface area contributed by atoms with Crippen LogP contribution in [0.25, 0.3) is 0 Å². The maximum Gasteiger partial charge on any atom is 0.335 e. The highest BCUT2D eigenvalue weighted by Gasteiger charge is 2.13. The van der Waals surface area contributed by atoms with Gasteiger partial charge in [-0.25, -0.2) is 9.78 Å². The SMILES string of the molecule is Cc1ccc(Sc2ncc([N+](=O)[O-])cc2Cl)cc1C(=O)O. The first kappa shape index (κ1) is 15.3. The van der Waals surface area contributed by atoms with Gasteiger partial charge in [-0.05, 0) is 24.6 Å². The molecule has 0 bridgehead atoms. The van der Waals surface area contributed by atoms with Crippen molar-refractivity contribution in [2.45, 2.75) is 16.8 Å². The van der Waals surface area contributed by atoms with E-state index in [-0.39, 0.29) is 16.3 Å². The maximum atomic E-state index is 11.1. The summed E-state index contributed by atoms with van der Waals surface area (Å²) in [5, 5.41) is 20.2. The number of nitrogens with zero attached hydrogens (tertiary/aromatic N) is 2. The number of hydrogen-bond acceptors (Lipinski definition) is 5. The van der Waals surface area contributed by atoms with Gasteiger partial charge in [0.2, 0.25) is 0 Å². The lowest BCUT2D eigenvalue weighted by atomic mass is 10.1. The van der Waals surface area contributed by atoms with Crippen LogP contribution in [0, 0.1) is 17.0 Å². The van der Waals surface area contributed by atoms with E-state index in [1.165, 1.54) is 12.1 Å². The van der Waals surface area contributed by atoms with Crippen LogP contribution in [0.5, 0.6) is 0 Å². The van der Waals surface area contributed by atoms with E-state index < -0.39 is 10.9 Å². The fourth-order valence-electron chi connectivity index (χ4n) is 1.60. The number of pyridine rings is 1. The smallest absolute Gasteiger partial charge is 0.335 e. The van der Waals surface area contributed by atoms with Gasteiger partial charge in [-0.1, -0.05) is 29.4 Å². The summed E-state index contributed by atoms with van der Waals surface area (Å²) in [4.78, 5) is 25.7. The van der Waals surface area contributed by atoms with E-state index in [4.69, 9.17) is 16.7 Å². The number of rotatable bonds is 4. The average Bonchev–Trinajstić information content (AvgIpc) is 2.42. The molecule has 0 saturated carbocycles. The number of nitro groups is 1. The van der Waals surface area contributed by atoms with E-state index in [0.29, 0.717) is 15.5 Å². The van der Waals surface area contributed by atoms with Gasteiger partial charge in [-0.2, -0.15) is 0 Å². The van der Waals surface area contributed by atoms with Gasteiger partial charge in [0.15, 0.2) is 0 Å². The summed E-state index contributed by atoms with van der Waals surface area (Å²) in [6, 6.07) is 6.15. The van der Waals surface area contributed by atoms with Crippen molar-refractivity contribution in [1.82, 2.24) is 4.98 Å². The first-order chi connectivity index (χ1) is 9.88. The van der Waals surface area contributed by atoms with Crippen molar-refractivity contribution < 1.29 is 14.8 Å². The Balaban J connectivity index is 2.32. The minimum Gasteiger partial charge on any atom is -0.478 e. The molecule has 0 aliphatic carbocycles. The molecule has 0 atom stereocenters. The summed E-state index contributed by atoms with van der Waals surface area (Å²) in [6.45, 7) is 1.70. The number of halogens is 1. The summed E-state index contributed by atoms with van der Waals surface area (Å²) in [5.41, 5.74) is 0.645. The van der Waals surface area contributed by atoms with Crippen molar-refractivity contribution in [3.05, 3.63) is 56.7 Å². The molecule has 8 heteroatoms. The molecule has 108 valence electrons. The van der Waals surface area contributed by atoms with E-state index in [2.05, 4.69) is 4.98 Å². The molecule has 0 fully saturated rings. The molecule has 6 nitrogen and oxygen atoms in total. The predicted octanol–water partition coefficient (Wildman–Crippen LogP) is 3.80. The predicted molar refractivity (Wildman–Crippen MR) is 78.2 cm³/mol. The number of carboxylic acids is 1. The van der Waals surface area contributed by atoms with E-state index in [1.54, 1.807) is 19.1 Å². The number of aromatic carboxylic acids is 1. The molecule has 2 aromatic rings. The number of carbonyl (C=O) groups is 1. The first-order valence-corrected chi connectivity index (χ1v) is 6.89. The molecule has 1 aromatic heterocycles. The Morgan fingerprint density at radius 2 is 2.14 bits per heavy atom. The summed E-state index contributed by atoms with van der Waals surface area (Å²) in [5.74, 6) is -1.02. The largest absolute Gasteiger partial charge is 0.478 e. The van der Waals surface area contributed by atoms with Gasteiger partial charge in [0.05, 0.1) is 15.5 Å². The highest BCUT2D eigenvalue weighted by Crippen LogP contribution is 2.34. The molecule has 1 heterocycles. The Morgan fingerprint density at radius 3 is 2.71 bits per heavy atom. The van der Waals surface area contributed by atoms with Crippen LogP contribution in [0.4, 0.5) is 5.69 Å². The van der Waals surface area contributed by atoms with Gasteiger partial charge < -0.3 is 5.11 Å². The maximum absolute atomic E-state index is 11.1. The highest BCUT2D eigenvalue weighted by atomic mass is 35.5. The second kappa shape index (κ2) is 6.11. The zero-order valence-corrected chi connectivity index (χ0v) is 12.3. The van der Waals surface area contributed by atoms with Gasteiger partial charge in [0, 0.05) is 11.0 Å². The fourth-order valence-corrected chi connectivity index (χ4v) is 2.67. The lowest BCUT2D eigenvalue weighted by Gasteiger charge is -2.06. The lowest BCUT2D eigenvalue weighted by molar-refractivity contribution is -0.385. The van der Waals surface area contributed by atoms with Crippen molar-refractivity contribution in [2.24, 2.45) is 0 Å². The molecular weight excluding hydrogens is 316 g/mol. The average molecular weight is 325 g/mol. The molecule has 21 heavy (non-hydrogen) atoms. The van der Waals surface area contributed by atoms with Crippen LogP contribution in [-0.2, 0) is 0 Å². The van der Waals surface area contributed by atoms with Gasteiger partial charge >= 0.3 is 5.97 Å². The van der Waals surface area contributed by atoms with Gasteiger partial charge in [0.25, 0.3) is 5.69 Å². The van der Waals surface area contributed by atoms with Gasteiger partial charge in [0.1, 0.15) is 11.2 Å². The van der Waals surface area contributed by atoms with Crippen LogP contribution < -0.4 is 0 Å². The molecule has 0 spiro atoms. The van der Waals surface area contributed by atoms with Gasteiger partial charge in [-0.3, -0.25) is 10.1 Å². The standard InChI is InChI=1S/C13H9ClN2O4S/c1-7-2-3-9(5-10(7)13(17)18)21-12-11(14)4-8(6-15-12)16(19)20/h2-6H,1H3,(H,17,18). The number of aromatic nitrogens is 1. The molecular formula is C13H9ClN2O4S. The molecule has 0 amide bonds. The van der Waals surface area contributed by atoms with Gasteiger partial charge in [-0.15, -0.1) is 0 Å². The van der Waals surface area contributed by atoms with Crippen LogP contribution in [0.15, 0.2) is 40.4 Å². The molecule has 0 saturated heterocycles.